The number of hydrogen-bond donors (Lipinski definition) is 1. The maximum absolute atomic E-state index is 5.79. The summed E-state index contributed by atoms with van der Waals surface area (Å²) in [4.78, 5) is 8.21. The molecular weight excluding hydrogens is 246 g/mol. The first-order valence-corrected chi connectivity index (χ1v) is 6.76. The highest BCUT2D eigenvalue weighted by molar-refractivity contribution is 7.10. The zero-order valence-electron chi connectivity index (χ0n) is 10.2. The molecule has 2 aromatic heterocycles. The normalized spacial score (nSPS) is 14.4. The Balaban J connectivity index is 1.88. The Hall–Kier alpha value is -1.75. The van der Waals surface area contributed by atoms with E-state index in [9.17, 15) is 0 Å². The number of methoxy groups -OCH3 is 1. The highest BCUT2D eigenvalue weighted by Crippen LogP contribution is 2.29. The number of anilines is 2. The number of rotatable bonds is 2. The Labute approximate surface area is 110 Å². The smallest absolute Gasteiger partial charge is 0.238 e. The third-order valence-corrected chi connectivity index (χ3v) is 4.22. The number of nitrogen functional groups attached to an aromatic ring is 1. The molecule has 2 N–H and O–H groups in total. The lowest BCUT2D eigenvalue weighted by atomic mass is 10.1. The second-order valence-corrected chi connectivity index (χ2v) is 5.31. The molecule has 0 spiro atoms. The van der Waals surface area contributed by atoms with Gasteiger partial charge in [-0.15, -0.1) is 11.3 Å². The third kappa shape index (κ3) is 1.90. The van der Waals surface area contributed by atoms with E-state index in [1.54, 1.807) is 7.11 Å². The monoisotopic (exact) mass is 261 g/mol. The average molecular weight is 261 g/mol. The van der Waals surface area contributed by atoms with E-state index >= 15 is 0 Å². The topological polar surface area (TPSA) is 51.4 Å². The van der Waals surface area contributed by atoms with Gasteiger partial charge in [-0.1, -0.05) is 0 Å². The SMILES string of the molecule is COc1nc(N2CCc3sccc3C2)ccc1N. The molecule has 0 aliphatic carbocycles. The molecule has 0 saturated carbocycles. The molecule has 0 radical (unpaired) electrons. The van der Waals surface area contributed by atoms with Crippen LogP contribution < -0.4 is 15.4 Å². The van der Waals surface area contributed by atoms with Crippen molar-refractivity contribution in [1.82, 2.24) is 4.98 Å². The van der Waals surface area contributed by atoms with Crippen molar-refractivity contribution in [3.05, 3.63) is 34.0 Å². The molecule has 1 aliphatic rings. The van der Waals surface area contributed by atoms with Crippen molar-refractivity contribution in [2.45, 2.75) is 13.0 Å². The molecular formula is C13H15N3OS. The van der Waals surface area contributed by atoms with Gasteiger partial charge in [0.05, 0.1) is 12.8 Å². The van der Waals surface area contributed by atoms with Crippen LogP contribution in [0.5, 0.6) is 5.88 Å². The molecule has 18 heavy (non-hydrogen) atoms. The Morgan fingerprint density at radius 1 is 1.39 bits per heavy atom. The predicted molar refractivity (Wildman–Crippen MR) is 74.3 cm³/mol. The van der Waals surface area contributed by atoms with E-state index in [4.69, 9.17) is 10.5 Å². The second-order valence-electron chi connectivity index (χ2n) is 4.31. The summed E-state index contributed by atoms with van der Waals surface area (Å²) in [5, 5.41) is 2.16. The van der Waals surface area contributed by atoms with Crippen LogP contribution in [-0.2, 0) is 13.0 Å². The first-order valence-electron chi connectivity index (χ1n) is 5.88. The van der Waals surface area contributed by atoms with Gasteiger partial charge < -0.3 is 15.4 Å². The molecule has 0 saturated heterocycles. The first kappa shape index (κ1) is 11.3. The highest BCUT2D eigenvalue weighted by atomic mass is 32.1. The number of thiophene rings is 1. The molecule has 0 aromatic carbocycles. The summed E-state index contributed by atoms with van der Waals surface area (Å²) >= 11 is 1.84. The lowest BCUT2D eigenvalue weighted by molar-refractivity contribution is 0.400. The van der Waals surface area contributed by atoms with Crippen LogP contribution in [0.4, 0.5) is 11.5 Å². The van der Waals surface area contributed by atoms with E-state index in [2.05, 4.69) is 21.3 Å². The Bertz CT molecular complexity index is 567. The average Bonchev–Trinajstić information content (AvgIpc) is 2.86. The van der Waals surface area contributed by atoms with Gasteiger partial charge in [0, 0.05) is 18.0 Å². The van der Waals surface area contributed by atoms with E-state index in [1.165, 1.54) is 10.4 Å². The molecule has 5 heteroatoms. The van der Waals surface area contributed by atoms with Crippen LogP contribution >= 0.6 is 11.3 Å². The minimum absolute atomic E-state index is 0.503. The molecule has 3 heterocycles. The molecule has 94 valence electrons. The summed E-state index contributed by atoms with van der Waals surface area (Å²) in [5.41, 5.74) is 7.77. The summed E-state index contributed by atoms with van der Waals surface area (Å²) in [6, 6.07) is 6.00. The first-order chi connectivity index (χ1) is 8.78. The number of fused-ring (bicyclic) bond motifs is 1. The van der Waals surface area contributed by atoms with E-state index in [0.717, 1.165) is 25.3 Å². The number of aromatic nitrogens is 1. The molecule has 0 fully saturated rings. The van der Waals surface area contributed by atoms with Crippen molar-refractivity contribution in [3.8, 4) is 5.88 Å². The maximum atomic E-state index is 5.79. The van der Waals surface area contributed by atoms with Crippen molar-refractivity contribution >= 4 is 22.8 Å². The lowest BCUT2D eigenvalue weighted by Crippen LogP contribution is -2.30. The molecule has 4 nitrogen and oxygen atoms in total. The highest BCUT2D eigenvalue weighted by Gasteiger charge is 2.19. The van der Waals surface area contributed by atoms with E-state index in [-0.39, 0.29) is 0 Å². The molecule has 2 aromatic rings. The Morgan fingerprint density at radius 3 is 3.11 bits per heavy atom. The van der Waals surface area contributed by atoms with E-state index < -0.39 is 0 Å². The van der Waals surface area contributed by atoms with Crippen LogP contribution in [0.2, 0.25) is 0 Å². The number of nitrogens with two attached hydrogens (primary N) is 1. The fraction of sp³-hybridized carbons (Fsp3) is 0.308. The van der Waals surface area contributed by atoms with Gasteiger partial charge in [0.25, 0.3) is 0 Å². The molecule has 3 rings (SSSR count). The third-order valence-electron chi connectivity index (χ3n) is 3.20. The minimum Gasteiger partial charge on any atom is -0.479 e. The summed E-state index contributed by atoms with van der Waals surface area (Å²) in [6.45, 7) is 1.91. The molecule has 0 unspecified atom stereocenters. The van der Waals surface area contributed by atoms with E-state index in [0.29, 0.717) is 11.6 Å². The standard InChI is InChI=1S/C13H15N3OS/c1-17-13-10(14)2-3-12(15-13)16-6-4-11-9(8-16)5-7-18-11/h2-3,5,7H,4,6,8,14H2,1H3. The van der Waals surface area contributed by atoms with Crippen LogP contribution in [-0.4, -0.2) is 18.6 Å². The van der Waals surface area contributed by atoms with Gasteiger partial charge in [-0.05, 0) is 35.6 Å². The molecule has 1 aliphatic heterocycles. The van der Waals surface area contributed by atoms with Crippen molar-refractivity contribution in [3.63, 3.8) is 0 Å². The van der Waals surface area contributed by atoms with Crippen molar-refractivity contribution in [2.75, 3.05) is 24.3 Å². The van der Waals surface area contributed by atoms with Crippen LogP contribution in [0.3, 0.4) is 0 Å². The zero-order chi connectivity index (χ0) is 12.5. The van der Waals surface area contributed by atoms with Crippen LogP contribution in [0.25, 0.3) is 0 Å². The summed E-state index contributed by atoms with van der Waals surface area (Å²) in [6.07, 6.45) is 1.08. The van der Waals surface area contributed by atoms with Crippen LogP contribution in [0.1, 0.15) is 10.4 Å². The second kappa shape index (κ2) is 4.49. The Morgan fingerprint density at radius 2 is 2.28 bits per heavy atom. The summed E-state index contributed by atoms with van der Waals surface area (Å²) in [7, 11) is 1.59. The van der Waals surface area contributed by atoms with Crippen LogP contribution in [0, 0.1) is 0 Å². The predicted octanol–water partition coefficient (Wildman–Crippen LogP) is 2.30. The fourth-order valence-electron chi connectivity index (χ4n) is 2.23. The lowest BCUT2D eigenvalue weighted by Gasteiger charge is -2.28. The number of ether oxygens (including phenoxy) is 1. The Kier molecular flexibility index (Phi) is 2.83. The van der Waals surface area contributed by atoms with Crippen molar-refractivity contribution in [2.24, 2.45) is 0 Å². The van der Waals surface area contributed by atoms with Gasteiger partial charge >= 0.3 is 0 Å². The fourth-order valence-corrected chi connectivity index (χ4v) is 3.11. The van der Waals surface area contributed by atoms with Gasteiger partial charge in [0.1, 0.15) is 5.82 Å². The van der Waals surface area contributed by atoms with Gasteiger partial charge in [-0.3, -0.25) is 0 Å². The zero-order valence-corrected chi connectivity index (χ0v) is 11.0. The van der Waals surface area contributed by atoms with E-state index in [1.807, 2.05) is 23.5 Å². The van der Waals surface area contributed by atoms with Gasteiger partial charge in [0.15, 0.2) is 0 Å². The van der Waals surface area contributed by atoms with Crippen molar-refractivity contribution < 1.29 is 4.74 Å². The quantitative estimate of drug-likeness (QED) is 0.901. The van der Waals surface area contributed by atoms with Crippen molar-refractivity contribution in [1.29, 1.82) is 0 Å². The van der Waals surface area contributed by atoms with Gasteiger partial charge in [-0.2, -0.15) is 4.98 Å². The number of pyridine rings is 1. The van der Waals surface area contributed by atoms with Crippen LogP contribution in [0.15, 0.2) is 23.6 Å². The maximum Gasteiger partial charge on any atom is 0.238 e. The number of nitrogens with zero attached hydrogens (tertiary/aromatic N) is 2. The van der Waals surface area contributed by atoms with Gasteiger partial charge in [0.2, 0.25) is 5.88 Å². The summed E-state index contributed by atoms with van der Waals surface area (Å²) in [5.74, 6) is 1.43. The number of hydrogen-bond acceptors (Lipinski definition) is 5. The largest absolute Gasteiger partial charge is 0.479 e. The molecule has 0 amide bonds. The summed E-state index contributed by atoms with van der Waals surface area (Å²) < 4.78 is 5.17. The molecule has 0 atom stereocenters. The minimum atomic E-state index is 0.503. The van der Waals surface area contributed by atoms with Gasteiger partial charge in [-0.25, -0.2) is 0 Å². The molecule has 0 bridgehead atoms.